The zero-order valence-corrected chi connectivity index (χ0v) is 11.6. The van der Waals surface area contributed by atoms with Crippen molar-refractivity contribution < 1.29 is 13.2 Å². The second-order valence-corrected chi connectivity index (χ2v) is 4.68. The molecule has 0 amide bonds. The average molecular weight is 333 g/mol. The molecule has 0 fully saturated rings. The van der Waals surface area contributed by atoms with E-state index in [4.69, 9.17) is 5.73 Å². The molecule has 1 aromatic rings. The molecule has 1 atom stereocenters. The Hall–Kier alpha value is -0.260. The fraction of sp³-hybridized carbons (Fsp3) is 0.455. The van der Waals surface area contributed by atoms with E-state index in [1.165, 1.54) is 0 Å². The van der Waals surface area contributed by atoms with E-state index in [-0.39, 0.29) is 18.8 Å². The van der Waals surface area contributed by atoms with Gasteiger partial charge in [0.05, 0.1) is 0 Å². The topological polar surface area (TPSA) is 26.0 Å². The number of rotatable bonds is 3. The average Bonchev–Trinajstić information content (AvgIpc) is 2.17. The van der Waals surface area contributed by atoms with E-state index < -0.39 is 18.6 Å². The molecule has 0 aromatic heterocycles. The minimum atomic E-state index is -4.14. The molecule has 2 N–H and O–H groups in total. The maximum Gasteiger partial charge on any atom is 0.389 e. The van der Waals surface area contributed by atoms with Crippen molar-refractivity contribution in [2.45, 2.75) is 32.0 Å². The molecular formula is C11H14BrClF3N. The summed E-state index contributed by atoms with van der Waals surface area (Å²) in [6.45, 7) is 1.84. The number of halogens is 5. The van der Waals surface area contributed by atoms with E-state index in [0.717, 1.165) is 15.6 Å². The SMILES string of the molecule is Cc1ccc(Br)cc1[C@@H](N)CCC(F)(F)F.Cl. The maximum absolute atomic E-state index is 12.0. The molecule has 0 saturated carbocycles. The lowest BCUT2D eigenvalue weighted by Crippen LogP contribution is -2.16. The van der Waals surface area contributed by atoms with Crippen LogP contribution in [0, 0.1) is 6.92 Å². The highest BCUT2D eigenvalue weighted by Gasteiger charge is 2.28. The highest BCUT2D eigenvalue weighted by atomic mass is 79.9. The van der Waals surface area contributed by atoms with Crippen LogP contribution in [0.2, 0.25) is 0 Å². The number of benzene rings is 1. The van der Waals surface area contributed by atoms with Crippen LogP contribution in [0.5, 0.6) is 0 Å². The van der Waals surface area contributed by atoms with Crippen molar-refractivity contribution in [1.82, 2.24) is 0 Å². The quantitative estimate of drug-likeness (QED) is 0.865. The van der Waals surface area contributed by atoms with E-state index in [1.807, 2.05) is 19.1 Å². The fourth-order valence-corrected chi connectivity index (χ4v) is 1.86. The summed E-state index contributed by atoms with van der Waals surface area (Å²) in [4.78, 5) is 0. The Morgan fingerprint density at radius 3 is 2.47 bits per heavy atom. The number of alkyl halides is 3. The summed E-state index contributed by atoms with van der Waals surface area (Å²) >= 11 is 3.28. The standard InChI is InChI=1S/C11H13BrF3N.ClH/c1-7-2-3-8(12)6-9(7)10(16)4-5-11(13,14)15;/h2-3,6,10H,4-5,16H2,1H3;1H/t10-;/m0./s1. The van der Waals surface area contributed by atoms with Gasteiger partial charge in [0.15, 0.2) is 0 Å². The van der Waals surface area contributed by atoms with Gasteiger partial charge in [-0.1, -0.05) is 22.0 Å². The summed E-state index contributed by atoms with van der Waals surface area (Å²) in [7, 11) is 0. The Balaban J connectivity index is 0.00000256. The summed E-state index contributed by atoms with van der Waals surface area (Å²) in [6, 6.07) is 4.89. The van der Waals surface area contributed by atoms with Gasteiger partial charge in [-0.05, 0) is 36.6 Å². The molecular weight excluding hydrogens is 318 g/mol. The van der Waals surface area contributed by atoms with Crippen molar-refractivity contribution in [2.75, 3.05) is 0 Å². The van der Waals surface area contributed by atoms with Crippen LogP contribution in [0.25, 0.3) is 0 Å². The predicted octanol–water partition coefficient (Wildman–Crippen LogP) is 4.52. The van der Waals surface area contributed by atoms with Crippen molar-refractivity contribution in [1.29, 1.82) is 0 Å². The second kappa shape index (κ2) is 6.61. The van der Waals surface area contributed by atoms with Crippen LogP contribution < -0.4 is 5.73 Å². The van der Waals surface area contributed by atoms with Gasteiger partial charge in [0, 0.05) is 16.9 Å². The zero-order valence-electron chi connectivity index (χ0n) is 9.22. The normalized spacial score (nSPS) is 13.1. The van der Waals surface area contributed by atoms with Crippen LogP contribution >= 0.6 is 28.3 Å². The van der Waals surface area contributed by atoms with Crippen molar-refractivity contribution in [2.24, 2.45) is 5.73 Å². The maximum atomic E-state index is 12.0. The van der Waals surface area contributed by atoms with Crippen LogP contribution in [-0.4, -0.2) is 6.18 Å². The first-order valence-electron chi connectivity index (χ1n) is 4.88. The van der Waals surface area contributed by atoms with Gasteiger partial charge in [-0.25, -0.2) is 0 Å². The van der Waals surface area contributed by atoms with Gasteiger partial charge in [-0.2, -0.15) is 13.2 Å². The summed E-state index contributed by atoms with van der Waals surface area (Å²) in [6.07, 6.45) is -5.07. The molecule has 0 aliphatic carbocycles. The van der Waals surface area contributed by atoms with Crippen molar-refractivity contribution in [3.8, 4) is 0 Å². The first-order valence-corrected chi connectivity index (χ1v) is 5.67. The summed E-state index contributed by atoms with van der Waals surface area (Å²) < 4.78 is 37.0. The molecule has 0 bridgehead atoms. The minimum Gasteiger partial charge on any atom is -0.324 e. The lowest BCUT2D eigenvalue weighted by atomic mass is 9.98. The Bertz CT molecular complexity index is 368. The molecule has 6 heteroatoms. The molecule has 0 aliphatic rings. The fourth-order valence-electron chi connectivity index (χ4n) is 1.49. The molecule has 0 unspecified atom stereocenters. The van der Waals surface area contributed by atoms with E-state index in [9.17, 15) is 13.2 Å². The summed E-state index contributed by atoms with van der Waals surface area (Å²) in [5.74, 6) is 0. The van der Waals surface area contributed by atoms with Crippen LogP contribution in [-0.2, 0) is 0 Å². The predicted molar refractivity (Wildman–Crippen MR) is 68.3 cm³/mol. The Morgan fingerprint density at radius 2 is 1.94 bits per heavy atom. The van der Waals surface area contributed by atoms with Gasteiger partial charge < -0.3 is 5.73 Å². The molecule has 0 radical (unpaired) electrons. The molecule has 1 aromatic carbocycles. The van der Waals surface area contributed by atoms with Crippen LogP contribution in [0.4, 0.5) is 13.2 Å². The Morgan fingerprint density at radius 1 is 1.35 bits per heavy atom. The third kappa shape index (κ3) is 5.75. The van der Waals surface area contributed by atoms with Gasteiger partial charge in [0.1, 0.15) is 0 Å². The number of hydrogen-bond donors (Lipinski definition) is 1. The van der Waals surface area contributed by atoms with Gasteiger partial charge in [0.25, 0.3) is 0 Å². The third-order valence-corrected chi connectivity index (χ3v) is 2.87. The van der Waals surface area contributed by atoms with Gasteiger partial charge >= 0.3 is 6.18 Å². The zero-order chi connectivity index (χ0) is 12.3. The number of hydrogen-bond acceptors (Lipinski definition) is 1. The van der Waals surface area contributed by atoms with Gasteiger partial charge in [-0.3, -0.25) is 0 Å². The molecule has 1 rings (SSSR count). The molecule has 0 aliphatic heterocycles. The third-order valence-electron chi connectivity index (χ3n) is 2.38. The van der Waals surface area contributed by atoms with Crippen LogP contribution in [0.1, 0.15) is 30.0 Å². The molecule has 98 valence electrons. The Kier molecular flexibility index (Phi) is 6.51. The highest BCUT2D eigenvalue weighted by molar-refractivity contribution is 9.10. The van der Waals surface area contributed by atoms with Gasteiger partial charge in [0.2, 0.25) is 0 Å². The van der Waals surface area contributed by atoms with E-state index in [2.05, 4.69) is 15.9 Å². The monoisotopic (exact) mass is 331 g/mol. The second-order valence-electron chi connectivity index (χ2n) is 3.76. The molecule has 0 heterocycles. The van der Waals surface area contributed by atoms with Crippen molar-refractivity contribution >= 4 is 28.3 Å². The van der Waals surface area contributed by atoms with E-state index in [0.29, 0.717) is 0 Å². The molecule has 1 nitrogen and oxygen atoms in total. The van der Waals surface area contributed by atoms with Crippen molar-refractivity contribution in [3.05, 3.63) is 33.8 Å². The van der Waals surface area contributed by atoms with E-state index >= 15 is 0 Å². The van der Waals surface area contributed by atoms with Crippen molar-refractivity contribution in [3.63, 3.8) is 0 Å². The lowest BCUT2D eigenvalue weighted by Gasteiger charge is -2.16. The smallest absolute Gasteiger partial charge is 0.324 e. The summed E-state index contributed by atoms with van der Waals surface area (Å²) in [5, 5.41) is 0. The molecule has 17 heavy (non-hydrogen) atoms. The Labute approximate surface area is 113 Å². The first-order chi connectivity index (χ1) is 7.29. The molecule has 0 spiro atoms. The van der Waals surface area contributed by atoms with Crippen LogP contribution in [0.15, 0.2) is 22.7 Å². The summed E-state index contributed by atoms with van der Waals surface area (Å²) in [5.41, 5.74) is 7.43. The van der Waals surface area contributed by atoms with E-state index in [1.54, 1.807) is 6.07 Å². The van der Waals surface area contributed by atoms with Crippen LogP contribution in [0.3, 0.4) is 0 Å². The first kappa shape index (κ1) is 16.7. The van der Waals surface area contributed by atoms with Gasteiger partial charge in [-0.15, -0.1) is 12.4 Å². The molecule has 0 saturated heterocycles. The number of aryl methyl sites for hydroxylation is 1. The lowest BCUT2D eigenvalue weighted by molar-refractivity contribution is -0.136. The largest absolute Gasteiger partial charge is 0.389 e. The number of nitrogens with two attached hydrogens (primary N) is 1. The minimum absolute atomic E-state index is 0. The highest BCUT2D eigenvalue weighted by Crippen LogP contribution is 2.28.